The summed E-state index contributed by atoms with van der Waals surface area (Å²) in [6.45, 7) is 0.728. The topological polar surface area (TPSA) is 49.6 Å². The van der Waals surface area contributed by atoms with E-state index in [1.165, 1.54) is 0 Å². The summed E-state index contributed by atoms with van der Waals surface area (Å²) in [5.74, 6) is 0. The SMILES string of the molecule is Brc1cncc(CNc2cccc3c2N=[Se]=N3)c1. The van der Waals surface area contributed by atoms with E-state index >= 15 is 0 Å². The molecule has 4 nitrogen and oxygen atoms in total. The van der Waals surface area contributed by atoms with Crippen LogP contribution in [0.1, 0.15) is 5.56 Å². The average molecular weight is 368 g/mol. The third-order valence-electron chi connectivity index (χ3n) is 2.53. The third kappa shape index (κ3) is 2.46. The zero-order valence-electron chi connectivity index (χ0n) is 9.30. The number of halogens is 1. The first kappa shape index (κ1) is 11.8. The maximum absolute atomic E-state index is 4.44. The van der Waals surface area contributed by atoms with E-state index in [-0.39, 0.29) is 14.6 Å². The molecule has 0 fully saturated rings. The second-order valence-corrected chi connectivity index (χ2v) is 5.83. The summed E-state index contributed by atoms with van der Waals surface area (Å²) in [6.07, 6.45) is 3.63. The van der Waals surface area contributed by atoms with Crippen LogP contribution in [0.2, 0.25) is 0 Å². The van der Waals surface area contributed by atoms with E-state index in [0.29, 0.717) is 0 Å². The number of pyridine rings is 1. The van der Waals surface area contributed by atoms with Gasteiger partial charge in [-0.25, -0.2) is 0 Å². The van der Waals surface area contributed by atoms with Crippen LogP contribution in [0.3, 0.4) is 0 Å². The molecule has 0 bridgehead atoms. The normalized spacial score (nSPS) is 12.1. The molecule has 1 aromatic heterocycles. The van der Waals surface area contributed by atoms with Crippen molar-refractivity contribution in [3.8, 4) is 0 Å². The molecule has 3 rings (SSSR count). The Kier molecular flexibility index (Phi) is 3.41. The van der Waals surface area contributed by atoms with E-state index in [4.69, 9.17) is 0 Å². The fraction of sp³-hybridized carbons (Fsp3) is 0.0833. The van der Waals surface area contributed by atoms with E-state index < -0.39 is 0 Å². The van der Waals surface area contributed by atoms with Gasteiger partial charge in [-0.2, -0.15) is 0 Å². The van der Waals surface area contributed by atoms with Crippen LogP contribution in [0.15, 0.2) is 49.1 Å². The van der Waals surface area contributed by atoms with Crippen LogP contribution >= 0.6 is 15.9 Å². The van der Waals surface area contributed by atoms with Crippen molar-refractivity contribution >= 4 is 47.6 Å². The number of nitrogens with one attached hydrogen (secondary N) is 1. The first-order chi connectivity index (χ1) is 8.83. The van der Waals surface area contributed by atoms with Crippen molar-refractivity contribution in [3.63, 3.8) is 0 Å². The van der Waals surface area contributed by atoms with Gasteiger partial charge in [0, 0.05) is 0 Å². The summed E-state index contributed by atoms with van der Waals surface area (Å²) in [5, 5.41) is 3.38. The van der Waals surface area contributed by atoms with Crippen LogP contribution in [0, 0.1) is 0 Å². The van der Waals surface area contributed by atoms with Crippen molar-refractivity contribution < 1.29 is 0 Å². The van der Waals surface area contributed by atoms with E-state index in [2.05, 4.69) is 40.2 Å². The first-order valence-corrected chi connectivity index (χ1v) is 7.70. The Labute approximate surface area is 119 Å². The molecule has 18 heavy (non-hydrogen) atoms. The summed E-state index contributed by atoms with van der Waals surface area (Å²) >= 11 is 3.43. The third-order valence-corrected chi connectivity index (χ3v) is 4.10. The summed E-state index contributed by atoms with van der Waals surface area (Å²) < 4.78 is 9.79. The van der Waals surface area contributed by atoms with Crippen molar-refractivity contribution in [1.82, 2.24) is 4.98 Å². The Bertz CT molecular complexity index is 665. The van der Waals surface area contributed by atoms with Crippen LogP contribution < -0.4 is 5.32 Å². The molecular weight excluding hydrogens is 359 g/mol. The van der Waals surface area contributed by atoms with Crippen molar-refractivity contribution in [3.05, 3.63) is 46.7 Å². The molecule has 6 heteroatoms. The molecule has 1 aromatic carbocycles. The zero-order valence-corrected chi connectivity index (χ0v) is 12.6. The van der Waals surface area contributed by atoms with Gasteiger partial charge in [-0.15, -0.1) is 0 Å². The van der Waals surface area contributed by atoms with Gasteiger partial charge >= 0.3 is 119 Å². The zero-order chi connectivity index (χ0) is 12.4. The molecule has 2 aromatic rings. The predicted octanol–water partition coefficient (Wildman–Crippen LogP) is 3.80. The number of aromatic nitrogens is 1. The summed E-state index contributed by atoms with van der Waals surface area (Å²) in [5.41, 5.74) is 4.14. The van der Waals surface area contributed by atoms with Crippen LogP contribution in [-0.4, -0.2) is 19.6 Å². The van der Waals surface area contributed by atoms with Gasteiger partial charge in [0.1, 0.15) is 0 Å². The van der Waals surface area contributed by atoms with Crippen molar-refractivity contribution in [2.75, 3.05) is 5.32 Å². The molecule has 2 heterocycles. The van der Waals surface area contributed by atoms with E-state index in [1.807, 2.05) is 24.4 Å². The Morgan fingerprint density at radius 3 is 3.06 bits per heavy atom. The minimum atomic E-state index is 0.0114. The van der Waals surface area contributed by atoms with Gasteiger partial charge in [0.05, 0.1) is 0 Å². The van der Waals surface area contributed by atoms with Gasteiger partial charge in [0.25, 0.3) is 0 Å². The molecule has 1 aliphatic rings. The number of anilines is 1. The Morgan fingerprint density at radius 2 is 2.17 bits per heavy atom. The number of benzene rings is 1. The van der Waals surface area contributed by atoms with Crippen molar-refractivity contribution in [1.29, 1.82) is 0 Å². The van der Waals surface area contributed by atoms with Crippen LogP contribution in [0.5, 0.6) is 0 Å². The van der Waals surface area contributed by atoms with Crippen molar-refractivity contribution in [2.24, 2.45) is 7.92 Å². The summed E-state index contributed by atoms with van der Waals surface area (Å²) in [6, 6.07) is 8.08. The van der Waals surface area contributed by atoms with Gasteiger partial charge < -0.3 is 0 Å². The van der Waals surface area contributed by atoms with Gasteiger partial charge in [-0.1, -0.05) is 0 Å². The van der Waals surface area contributed by atoms with E-state index in [1.54, 1.807) is 6.20 Å². The Balaban J connectivity index is 1.79. The van der Waals surface area contributed by atoms with Crippen LogP contribution in [0.4, 0.5) is 17.1 Å². The number of hydrogen-bond acceptors (Lipinski definition) is 4. The molecule has 1 aliphatic heterocycles. The standard InChI is InChI=1S/C12H9BrN4Se/c13-9-4-8(5-14-7-9)6-15-10-2-1-3-11-12(10)17-18-16-11/h1-5,7,15H,6H2. The second kappa shape index (κ2) is 5.18. The molecule has 0 unspecified atom stereocenters. The molecule has 0 amide bonds. The quantitative estimate of drug-likeness (QED) is 0.715. The van der Waals surface area contributed by atoms with Gasteiger partial charge in [0.2, 0.25) is 0 Å². The molecule has 0 aliphatic carbocycles. The van der Waals surface area contributed by atoms with Crippen molar-refractivity contribution in [2.45, 2.75) is 6.54 Å². The monoisotopic (exact) mass is 368 g/mol. The molecule has 1 N–H and O–H groups in total. The molecule has 0 atom stereocenters. The molecule has 0 radical (unpaired) electrons. The van der Waals surface area contributed by atoms with Crippen LogP contribution in [0.25, 0.3) is 0 Å². The number of fused-ring (bicyclic) bond motifs is 1. The number of hydrogen-bond donors (Lipinski definition) is 1. The van der Waals surface area contributed by atoms with Gasteiger partial charge in [0.15, 0.2) is 0 Å². The van der Waals surface area contributed by atoms with E-state index in [0.717, 1.165) is 33.6 Å². The molecule has 90 valence electrons. The molecule has 0 saturated heterocycles. The molecule has 0 spiro atoms. The molecule has 0 saturated carbocycles. The fourth-order valence-electron chi connectivity index (χ4n) is 1.70. The maximum atomic E-state index is 4.44. The first-order valence-electron chi connectivity index (χ1n) is 5.37. The number of rotatable bonds is 3. The fourth-order valence-corrected chi connectivity index (χ4v) is 3.26. The van der Waals surface area contributed by atoms with Crippen LogP contribution in [-0.2, 0) is 6.54 Å². The average Bonchev–Trinajstić information content (AvgIpc) is 2.85. The Hall–Kier alpha value is -1.23. The summed E-state index contributed by atoms with van der Waals surface area (Å²) in [7, 11) is 0. The predicted molar refractivity (Wildman–Crippen MR) is 75.6 cm³/mol. The second-order valence-electron chi connectivity index (χ2n) is 3.80. The number of nitrogens with zero attached hydrogens (tertiary/aromatic N) is 3. The van der Waals surface area contributed by atoms with Gasteiger partial charge in [-0.05, 0) is 0 Å². The Morgan fingerprint density at radius 1 is 1.22 bits per heavy atom. The van der Waals surface area contributed by atoms with E-state index in [9.17, 15) is 0 Å². The van der Waals surface area contributed by atoms with Gasteiger partial charge in [-0.3, -0.25) is 0 Å². The minimum absolute atomic E-state index is 0.0114. The summed E-state index contributed by atoms with van der Waals surface area (Å²) in [4.78, 5) is 4.14. The molecular formula is C12H9BrN4Se.